The van der Waals surface area contributed by atoms with Gasteiger partial charge in [0.1, 0.15) is 17.7 Å². The molecule has 2 fully saturated rings. The van der Waals surface area contributed by atoms with Crippen LogP contribution in [0, 0.1) is 11.8 Å². The molecule has 2 aliphatic rings. The minimum absolute atomic E-state index is 0.0702. The molecule has 1 aromatic heterocycles. The van der Waals surface area contributed by atoms with Crippen LogP contribution in [-0.2, 0) is 11.3 Å². The number of primary amides is 1. The highest BCUT2D eigenvalue weighted by Crippen LogP contribution is 2.27. The van der Waals surface area contributed by atoms with Crippen molar-refractivity contribution in [3.63, 3.8) is 0 Å². The first kappa shape index (κ1) is 24.9. The van der Waals surface area contributed by atoms with Crippen molar-refractivity contribution in [3.8, 4) is 0 Å². The minimum Gasteiger partial charge on any atom is -0.368 e. The molecule has 0 spiro atoms. The zero-order chi connectivity index (χ0) is 23.9. The maximum absolute atomic E-state index is 12.0. The number of hydrogen-bond acceptors (Lipinski definition) is 6. The molecule has 34 heavy (non-hydrogen) atoms. The molecular formula is C27H42N6O. The Balaban J connectivity index is 1.33. The Morgan fingerprint density at radius 1 is 1.06 bits per heavy atom. The molecule has 2 aromatic rings. The van der Waals surface area contributed by atoms with Gasteiger partial charge in [-0.2, -0.15) is 0 Å². The van der Waals surface area contributed by atoms with E-state index in [-0.39, 0.29) is 11.8 Å². The average Bonchev–Trinajstić information content (AvgIpc) is 2.84. The van der Waals surface area contributed by atoms with E-state index in [0.29, 0.717) is 5.82 Å². The van der Waals surface area contributed by atoms with Crippen LogP contribution in [0.5, 0.6) is 0 Å². The van der Waals surface area contributed by atoms with E-state index < -0.39 is 6.04 Å². The van der Waals surface area contributed by atoms with Gasteiger partial charge in [-0.25, -0.2) is 9.97 Å². The lowest BCUT2D eigenvalue weighted by atomic mass is 9.86. The van der Waals surface area contributed by atoms with Gasteiger partial charge in [0.15, 0.2) is 0 Å². The molecule has 7 nitrogen and oxygen atoms in total. The third-order valence-corrected chi connectivity index (χ3v) is 7.56. The van der Waals surface area contributed by atoms with Crippen LogP contribution in [-0.4, -0.2) is 64.4 Å². The maximum Gasteiger partial charge on any atom is 0.240 e. The molecule has 0 unspecified atom stereocenters. The number of nitrogens with zero attached hydrogens (tertiary/aromatic N) is 4. The quantitative estimate of drug-likeness (QED) is 0.550. The number of benzene rings is 1. The second-order valence-corrected chi connectivity index (χ2v) is 10.5. The molecule has 1 saturated carbocycles. The van der Waals surface area contributed by atoms with Crippen LogP contribution in [0.25, 0.3) is 10.9 Å². The molecule has 4 rings (SSSR count). The van der Waals surface area contributed by atoms with Gasteiger partial charge in [-0.05, 0) is 43.4 Å². The molecule has 1 saturated heterocycles. The predicted octanol–water partition coefficient (Wildman–Crippen LogP) is 4.03. The summed E-state index contributed by atoms with van der Waals surface area (Å²) in [5.74, 6) is 2.17. The fraction of sp³-hybridized carbons (Fsp3) is 0.667. The second-order valence-electron chi connectivity index (χ2n) is 10.5. The lowest BCUT2D eigenvalue weighted by Crippen LogP contribution is -2.46. The number of amides is 1. The highest BCUT2D eigenvalue weighted by atomic mass is 16.1. The molecule has 7 heteroatoms. The Kier molecular flexibility index (Phi) is 8.73. The van der Waals surface area contributed by atoms with E-state index >= 15 is 0 Å². The zero-order valence-electron chi connectivity index (χ0n) is 21.0. The van der Waals surface area contributed by atoms with Crippen LogP contribution in [0.15, 0.2) is 24.3 Å². The van der Waals surface area contributed by atoms with E-state index in [1.54, 1.807) is 0 Å². The van der Waals surface area contributed by atoms with E-state index in [1.807, 2.05) is 38.1 Å². The van der Waals surface area contributed by atoms with E-state index in [4.69, 9.17) is 15.7 Å². The summed E-state index contributed by atoms with van der Waals surface area (Å²) in [5.41, 5.74) is 6.54. The van der Waals surface area contributed by atoms with Gasteiger partial charge in [-0.3, -0.25) is 9.69 Å². The van der Waals surface area contributed by atoms with Crippen LogP contribution in [0.1, 0.15) is 64.6 Å². The zero-order valence-corrected chi connectivity index (χ0v) is 21.0. The molecule has 1 aliphatic heterocycles. The molecule has 3 N–H and O–H groups in total. The van der Waals surface area contributed by atoms with Crippen molar-refractivity contribution in [2.24, 2.45) is 17.6 Å². The lowest BCUT2D eigenvalue weighted by Gasteiger charge is -2.34. The number of carbonyl (C=O) groups excluding carboxylic acids is 1. The highest BCUT2D eigenvalue weighted by Gasteiger charge is 2.23. The molecule has 0 bridgehead atoms. The van der Waals surface area contributed by atoms with Crippen LogP contribution in [0.2, 0.25) is 0 Å². The average molecular weight is 467 g/mol. The maximum atomic E-state index is 12.0. The van der Waals surface area contributed by atoms with Gasteiger partial charge >= 0.3 is 0 Å². The molecule has 0 radical (unpaired) electrons. The van der Waals surface area contributed by atoms with Gasteiger partial charge < -0.3 is 16.0 Å². The number of nitrogens with one attached hydrogen (secondary N) is 1. The predicted molar refractivity (Wildman–Crippen MR) is 139 cm³/mol. The van der Waals surface area contributed by atoms with Crippen molar-refractivity contribution < 1.29 is 4.79 Å². The number of nitrogens with two attached hydrogens (primary N) is 1. The second kappa shape index (κ2) is 11.9. The van der Waals surface area contributed by atoms with Gasteiger partial charge in [0, 0.05) is 31.6 Å². The third-order valence-electron chi connectivity index (χ3n) is 7.56. The van der Waals surface area contributed by atoms with Crippen LogP contribution in [0.3, 0.4) is 0 Å². The number of anilines is 1. The summed E-state index contributed by atoms with van der Waals surface area (Å²) in [6.07, 6.45) is 9.98. The molecule has 2 heterocycles. The standard InChI is InChI=1S/C27H42N6O/c1-20(2)25(26(28)34)31-27-22-12-6-7-13-23(22)29-24(30-27)19-33-17-15-32(16-18-33)14-8-11-21-9-4-3-5-10-21/h6-7,12-13,20-21,25H,3-5,8-11,14-19H2,1-2H3,(H2,28,34)(H,29,30,31)/t25-/m0/s1. The van der Waals surface area contributed by atoms with Gasteiger partial charge in [0.2, 0.25) is 5.91 Å². The Morgan fingerprint density at radius 3 is 2.47 bits per heavy atom. The Bertz CT molecular complexity index is 934. The number of piperazine rings is 1. The summed E-state index contributed by atoms with van der Waals surface area (Å²) in [4.78, 5) is 26.7. The van der Waals surface area contributed by atoms with E-state index in [1.165, 1.54) is 51.5 Å². The van der Waals surface area contributed by atoms with Crippen LogP contribution < -0.4 is 11.1 Å². The summed E-state index contributed by atoms with van der Waals surface area (Å²) < 4.78 is 0. The lowest BCUT2D eigenvalue weighted by molar-refractivity contribution is -0.119. The first-order valence-electron chi connectivity index (χ1n) is 13.3. The number of carbonyl (C=O) groups is 1. The molecule has 1 amide bonds. The number of aromatic nitrogens is 2. The minimum atomic E-state index is -0.469. The third kappa shape index (κ3) is 6.66. The monoisotopic (exact) mass is 466 g/mol. The number of fused-ring (bicyclic) bond motifs is 1. The number of rotatable bonds is 10. The van der Waals surface area contributed by atoms with Crippen molar-refractivity contribution in [3.05, 3.63) is 30.1 Å². The van der Waals surface area contributed by atoms with Gasteiger partial charge in [-0.15, -0.1) is 0 Å². The summed E-state index contributed by atoms with van der Waals surface area (Å²) in [7, 11) is 0. The van der Waals surface area contributed by atoms with Crippen molar-refractivity contribution in [2.45, 2.75) is 71.4 Å². The molecule has 1 atom stereocenters. The normalized spacial score (nSPS) is 19.5. The Morgan fingerprint density at radius 2 is 1.76 bits per heavy atom. The Labute approximate surface area is 204 Å². The molecule has 1 aliphatic carbocycles. The summed E-state index contributed by atoms with van der Waals surface area (Å²) in [5, 5.41) is 4.22. The van der Waals surface area contributed by atoms with Gasteiger partial charge in [0.25, 0.3) is 0 Å². The summed E-state index contributed by atoms with van der Waals surface area (Å²) >= 11 is 0. The summed E-state index contributed by atoms with van der Waals surface area (Å²) in [6.45, 7) is 10.2. The molecule has 1 aromatic carbocycles. The smallest absolute Gasteiger partial charge is 0.240 e. The van der Waals surface area contributed by atoms with E-state index in [2.05, 4.69) is 15.1 Å². The fourth-order valence-corrected chi connectivity index (χ4v) is 5.47. The number of hydrogen-bond donors (Lipinski definition) is 2. The summed E-state index contributed by atoms with van der Waals surface area (Å²) in [6, 6.07) is 7.49. The van der Waals surface area contributed by atoms with Crippen molar-refractivity contribution in [1.29, 1.82) is 0 Å². The van der Waals surface area contributed by atoms with Crippen molar-refractivity contribution in [1.82, 2.24) is 19.8 Å². The molecule has 186 valence electrons. The topological polar surface area (TPSA) is 87.4 Å². The first-order chi connectivity index (χ1) is 16.5. The highest BCUT2D eigenvalue weighted by molar-refractivity contribution is 5.91. The van der Waals surface area contributed by atoms with Crippen molar-refractivity contribution >= 4 is 22.6 Å². The fourth-order valence-electron chi connectivity index (χ4n) is 5.47. The van der Waals surface area contributed by atoms with Gasteiger partial charge in [0.05, 0.1) is 12.1 Å². The SMILES string of the molecule is CC(C)[C@H](Nc1nc(CN2CCN(CCCC3CCCCC3)CC2)nc2ccccc12)C(N)=O. The first-order valence-corrected chi connectivity index (χ1v) is 13.3. The van der Waals surface area contributed by atoms with Crippen molar-refractivity contribution in [2.75, 3.05) is 38.0 Å². The van der Waals surface area contributed by atoms with Crippen LogP contribution >= 0.6 is 0 Å². The van der Waals surface area contributed by atoms with Crippen LogP contribution in [0.4, 0.5) is 5.82 Å². The number of para-hydroxylation sites is 1. The largest absolute Gasteiger partial charge is 0.368 e. The molecular weight excluding hydrogens is 424 g/mol. The van der Waals surface area contributed by atoms with E-state index in [0.717, 1.165) is 55.4 Å². The van der Waals surface area contributed by atoms with E-state index in [9.17, 15) is 4.79 Å². The van der Waals surface area contributed by atoms with Gasteiger partial charge in [-0.1, -0.05) is 58.1 Å². The Hall–Kier alpha value is -2.25.